The number of rotatable bonds is 3. The van der Waals surface area contributed by atoms with E-state index in [1.807, 2.05) is 20.2 Å². The lowest BCUT2D eigenvalue weighted by Gasteiger charge is -2.36. The number of nitrogens with two attached hydrogens (primary N) is 1. The largest absolute Gasteiger partial charge is 0.371 e. The number of ether oxygens (including phenoxy) is 1. The molecule has 1 saturated carbocycles. The number of nitrogens with zero attached hydrogens (tertiary/aromatic N) is 1. The summed E-state index contributed by atoms with van der Waals surface area (Å²) in [5.41, 5.74) is 5.74. The lowest BCUT2D eigenvalue weighted by Crippen LogP contribution is -2.33. The van der Waals surface area contributed by atoms with Crippen molar-refractivity contribution in [2.24, 2.45) is 11.7 Å². The van der Waals surface area contributed by atoms with Gasteiger partial charge in [-0.2, -0.15) is 0 Å². The minimum Gasteiger partial charge on any atom is -0.371 e. The van der Waals surface area contributed by atoms with Crippen molar-refractivity contribution in [2.75, 3.05) is 7.11 Å². The van der Waals surface area contributed by atoms with Crippen LogP contribution in [-0.4, -0.2) is 12.1 Å². The van der Waals surface area contributed by atoms with Crippen LogP contribution in [0.2, 0.25) is 0 Å². The number of methoxy groups -OCH3 is 1. The maximum Gasteiger partial charge on any atom is 0.125 e. The maximum absolute atomic E-state index is 5.89. The Labute approximate surface area is 107 Å². The summed E-state index contributed by atoms with van der Waals surface area (Å²) in [7, 11) is 1.81. The van der Waals surface area contributed by atoms with E-state index in [2.05, 4.69) is 11.9 Å². The number of aromatic nitrogens is 1. The van der Waals surface area contributed by atoms with Crippen molar-refractivity contribution in [1.82, 2.24) is 4.98 Å². The van der Waals surface area contributed by atoms with Crippen LogP contribution in [0.4, 0.5) is 0 Å². The fourth-order valence-corrected chi connectivity index (χ4v) is 3.53. The fraction of sp³-hybridized carbons (Fsp3) is 0.769. The first-order valence-corrected chi connectivity index (χ1v) is 7.16. The molecule has 2 N–H and O–H groups in total. The quantitative estimate of drug-likeness (QED) is 0.901. The van der Waals surface area contributed by atoms with Crippen molar-refractivity contribution in [3.8, 4) is 0 Å². The molecule has 0 amide bonds. The van der Waals surface area contributed by atoms with Crippen LogP contribution in [0.3, 0.4) is 0 Å². The Morgan fingerprint density at radius 3 is 2.65 bits per heavy atom. The Kier molecular flexibility index (Phi) is 3.85. The normalized spacial score (nSPS) is 31.4. The van der Waals surface area contributed by atoms with Crippen molar-refractivity contribution in [2.45, 2.75) is 51.2 Å². The molecule has 4 heteroatoms. The molecule has 0 saturated heterocycles. The van der Waals surface area contributed by atoms with Crippen molar-refractivity contribution < 1.29 is 4.74 Å². The molecule has 0 aliphatic heterocycles. The summed E-state index contributed by atoms with van der Waals surface area (Å²) >= 11 is 1.71. The second-order valence-electron chi connectivity index (χ2n) is 5.24. The van der Waals surface area contributed by atoms with Gasteiger partial charge in [-0.25, -0.2) is 4.98 Å². The molecular weight excluding hydrogens is 232 g/mol. The zero-order valence-corrected chi connectivity index (χ0v) is 11.7. The van der Waals surface area contributed by atoms with Gasteiger partial charge in [-0.3, -0.25) is 0 Å². The van der Waals surface area contributed by atoms with E-state index in [-0.39, 0.29) is 11.6 Å². The summed E-state index contributed by atoms with van der Waals surface area (Å²) < 4.78 is 5.81. The van der Waals surface area contributed by atoms with E-state index in [9.17, 15) is 0 Å². The molecule has 1 aliphatic carbocycles. The Balaban J connectivity index is 2.22. The topological polar surface area (TPSA) is 48.1 Å². The second-order valence-corrected chi connectivity index (χ2v) is 6.30. The average Bonchev–Trinajstić information content (AvgIpc) is 2.81. The van der Waals surface area contributed by atoms with E-state index >= 15 is 0 Å². The van der Waals surface area contributed by atoms with E-state index in [0.29, 0.717) is 0 Å². The molecule has 1 heterocycles. The zero-order chi connectivity index (χ0) is 12.5. The molecule has 1 fully saturated rings. The Morgan fingerprint density at radius 2 is 2.18 bits per heavy atom. The van der Waals surface area contributed by atoms with Crippen LogP contribution in [-0.2, 0) is 10.3 Å². The molecule has 2 rings (SSSR count). The molecule has 96 valence electrons. The number of thiazole rings is 1. The van der Waals surface area contributed by atoms with Gasteiger partial charge >= 0.3 is 0 Å². The predicted octanol–water partition coefficient (Wildman–Crippen LogP) is 3.21. The Morgan fingerprint density at radius 1 is 1.53 bits per heavy atom. The molecule has 1 aromatic rings. The van der Waals surface area contributed by atoms with E-state index in [0.717, 1.165) is 28.6 Å². The fourth-order valence-electron chi connectivity index (χ4n) is 2.44. The zero-order valence-electron chi connectivity index (χ0n) is 10.9. The molecule has 0 radical (unpaired) electrons. The first-order chi connectivity index (χ1) is 8.07. The van der Waals surface area contributed by atoms with E-state index in [1.165, 1.54) is 12.8 Å². The standard InChI is InChI=1S/C13H22N2OS/c1-9-4-6-13(16-3,7-5-9)12-15-8-11(17-12)10(2)14/h8-10H,4-7,14H2,1-3H3. The summed E-state index contributed by atoms with van der Waals surface area (Å²) in [5.74, 6) is 0.811. The highest BCUT2D eigenvalue weighted by Gasteiger charge is 2.38. The second kappa shape index (κ2) is 5.04. The molecule has 0 spiro atoms. The van der Waals surface area contributed by atoms with E-state index < -0.39 is 0 Å². The number of hydrogen-bond donors (Lipinski definition) is 1. The predicted molar refractivity (Wildman–Crippen MR) is 71.0 cm³/mol. The highest BCUT2D eigenvalue weighted by atomic mass is 32.1. The van der Waals surface area contributed by atoms with Gasteiger partial charge in [0.05, 0.1) is 0 Å². The van der Waals surface area contributed by atoms with Gasteiger partial charge in [0.15, 0.2) is 0 Å². The molecule has 0 aromatic carbocycles. The molecule has 17 heavy (non-hydrogen) atoms. The SMILES string of the molecule is COC1(c2ncc(C(C)N)s2)CCC(C)CC1. The average molecular weight is 254 g/mol. The van der Waals surface area contributed by atoms with Gasteiger partial charge in [0.2, 0.25) is 0 Å². The van der Waals surface area contributed by atoms with Crippen LogP contribution in [0.5, 0.6) is 0 Å². The third-order valence-electron chi connectivity index (χ3n) is 3.83. The van der Waals surface area contributed by atoms with E-state index in [4.69, 9.17) is 10.5 Å². The van der Waals surface area contributed by atoms with Crippen LogP contribution < -0.4 is 5.73 Å². The lowest BCUT2D eigenvalue weighted by molar-refractivity contribution is -0.0531. The summed E-state index contributed by atoms with van der Waals surface area (Å²) in [6.45, 7) is 4.31. The molecule has 0 bridgehead atoms. The monoisotopic (exact) mass is 254 g/mol. The van der Waals surface area contributed by atoms with Crippen LogP contribution >= 0.6 is 11.3 Å². The third kappa shape index (κ3) is 2.54. The van der Waals surface area contributed by atoms with E-state index in [1.54, 1.807) is 11.3 Å². The highest BCUT2D eigenvalue weighted by Crippen LogP contribution is 2.43. The first-order valence-electron chi connectivity index (χ1n) is 6.34. The summed E-state index contributed by atoms with van der Waals surface area (Å²) in [5, 5.41) is 1.11. The molecule has 1 aliphatic rings. The molecule has 3 nitrogen and oxygen atoms in total. The minimum absolute atomic E-state index is 0.0673. The lowest BCUT2D eigenvalue weighted by atomic mass is 9.80. The Hall–Kier alpha value is -0.450. The van der Waals surface area contributed by atoms with Gasteiger partial charge in [0, 0.05) is 24.2 Å². The highest BCUT2D eigenvalue weighted by molar-refractivity contribution is 7.11. The van der Waals surface area contributed by atoms with Gasteiger partial charge in [-0.1, -0.05) is 6.92 Å². The molecule has 1 atom stereocenters. The van der Waals surface area contributed by atoms with Gasteiger partial charge in [-0.15, -0.1) is 11.3 Å². The smallest absolute Gasteiger partial charge is 0.125 e. The van der Waals surface area contributed by atoms with Crippen LogP contribution in [0, 0.1) is 5.92 Å². The van der Waals surface area contributed by atoms with Gasteiger partial charge in [0.25, 0.3) is 0 Å². The molecule has 1 unspecified atom stereocenters. The van der Waals surface area contributed by atoms with Crippen molar-refractivity contribution in [1.29, 1.82) is 0 Å². The summed E-state index contributed by atoms with van der Waals surface area (Å²) in [6, 6.07) is 0.0673. The van der Waals surface area contributed by atoms with Crippen LogP contribution in [0.15, 0.2) is 6.20 Å². The van der Waals surface area contributed by atoms with Gasteiger partial charge in [0.1, 0.15) is 10.6 Å². The van der Waals surface area contributed by atoms with Crippen LogP contribution in [0.1, 0.15) is 55.5 Å². The van der Waals surface area contributed by atoms with Crippen molar-refractivity contribution in [3.05, 3.63) is 16.1 Å². The Bertz CT molecular complexity index is 367. The molecular formula is C13H22N2OS. The van der Waals surface area contributed by atoms with Crippen LogP contribution in [0.25, 0.3) is 0 Å². The van der Waals surface area contributed by atoms with Gasteiger partial charge < -0.3 is 10.5 Å². The van der Waals surface area contributed by atoms with Gasteiger partial charge in [-0.05, 0) is 38.5 Å². The number of hydrogen-bond acceptors (Lipinski definition) is 4. The summed E-state index contributed by atoms with van der Waals surface area (Å²) in [4.78, 5) is 5.69. The maximum atomic E-state index is 5.89. The summed E-state index contributed by atoms with van der Waals surface area (Å²) in [6.07, 6.45) is 6.51. The molecule has 1 aromatic heterocycles. The van der Waals surface area contributed by atoms with Crippen molar-refractivity contribution >= 4 is 11.3 Å². The minimum atomic E-state index is -0.148. The van der Waals surface area contributed by atoms with Crippen molar-refractivity contribution in [3.63, 3.8) is 0 Å². The third-order valence-corrected chi connectivity index (χ3v) is 5.22. The first kappa shape index (κ1) is 13.0.